The van der Waals surface area contributed by atoms with Crippen molar-refractivity contribution in [2.45, 2.75) is 38.4 Å². The molecular formula is C17H19NO2. The number of aryl methyl sites for hydroxylation is 1. The van der Waals surface area contributed by atoms with Gasteiger partial charge in [0.15, 0.2) is 0 Å². The Morgan fingerprint density at radius 3 is 2.95 bits per heavy atom. The van der Waals surface area contributed by atoms with E-state index in [4.69, 9.17) is 4.74 Å². The van der Waals surface area contributed by atoms with E-state index < -0.39 is 6.10 Å². The number of rotatable bonds is 5. The quantitative estimate of drug-likeness (QED) is 0.906. The zero-order valence-corrected chi connectivity index (χ0v) is 11.6. The average molecular weight is 269 g/mol. The number of hydrogen-bond acceptors (Lipinski definition) is 3. The first-order chi connectivity index (χ1) is 9.78. The smallest absolute Gasteiger partial charge is 0.120 e. The molecule has 1 saturated carbocycles. The summed E-state index contributed by atoms with van der Waals surface area (Å²) in [4.78, 5) is 4.12. The van der Waals surface area contributed by atoms with Gasteiger partial charge < -0.3 is 9.84 Å². The van der Waals surface area contributed by atoms with Crippen LogP contribution in [0.15, 0.2) is 42.7 Å². The van der Waals surface area contributed by atoms with Gasteiger partial charge in [0.25, 0.3) is 0 Å². The highest BCUT2D eigenvalue weighted by Crippen LogP contribution is 2.30. The van der Waals surface area contributed by atoms with Crippen molar-refractivity contribution in [3.63, 3.8) is 0 Å². The van der Waals surface area contributed by atoms with E-state index in [-0.39, 0.29) is 0 Å². The average Bonchev–Trinajstić information content (AvgIpc) is 3.30. The maximum atomic E-state index is 10.6. The van der Waals surface area contributed by atoms with Crippen molar-refractivity contribution in [1.29, 1.82) is 0 Å². The van der Waals surface area contributed by atoms with E-state index >= 15 is 0 Å². The molecule has 0 aliphatic heterocycles. The van der Waals surface area contributed by atoms with Crippen LogP contribution in [-0.4, -0.2) is 16.2 Å². The summed E-state index contributed by atoms with van der Waals surface area (Å²) in [6.45, 7) is 2.07. The number of ether oxygens (including phenoxy) is 1. The van der Waals surface area contributed by atoms with Crippen LogP contribution in [0.2, 0.25) is 0 Å². The number of aliphatic hydroxyl groups is 1. The molecule has 1 aromatic carbocycles. The zero-order valence-electron chi connectivity index (χ0n) is 11.6. The third-order valence-corrected chi connectivity index (χ3v) is 3.62. The van der Waals surface area contributed by atoms with Gasteiger partial charge in [0.2, 0.25) is 0 Å². The molecule has 0 spiro atoms. The molecule has 1 fully saturated rings. The Labute approximate surface area is 119 Å². The Morgan fingerprint density at radius 2 is 2.20 bits per heavy atom. The maximum absolute atomic E-state index is 10.6. The van der Waals surface area contributed by atoms with E-state index in [9.17, 15) is 5.11 Å². The van der Waals surface area contributed by atoms with Crippen molar-refractivity contribution >= 4 is 0 Å². The fraction of sp³-hybridized carbons (Fsp3) is 0.353. The third-order valence-electron chi connectivity index (χ3n) is 3.62. The fourth-order valence-electron chi connectivity index (χ4n) is 2.32. The molecule has 2 aromatic rings. The standard InChI is InChI=1S/C17H19NO2/c1-2-12-11-18-9-8-16(12)17(19)13-4-3-5-15(10-13)20-14-6-7-14/h3-5,8-11,14,17,19H,2,6-7H2,1H3. The number of aromatic nitrogens is 1. The van der Waals surface area contributed by atoms with Gasteiger partial charge in [-0.15, -0.1) is 0 Å². The normalized spacial score (nSPS) is 15.9. The summed E-state index contributed by atoms with van der Waals surface area (Å²) < 4.78 is 5.79. The lowest BCUT2D eigenvalue weighted by molar-refractivity contribution is 0.218. The molecule has 0 amide bonds. The Kier molecular flexibility index (Phi) is 3.70. The molecule has 0 bridgehead atoms. The molecule has 0 saturated heterocycles. The minimum atomic E-state index is -0.629. The van der Waals surface area contributed by atoms with Gasteiger partial charge in [-0.2, -0.15) is 0 Å². The molecule has 1 atom stereocenters. The Morgan fingerprint density at radius 1 is 1.35 bits per heavy atom. The molecule has 1 aliphatic carbocycles. The van der Waals surface area contributed by atoms with Crippen molar-refractivity contribution in [3.05, 3.63) is 59.4 Å². The topological polar surface area (TPSA) is 42.4 Å². The Bertz CT molecular complexity index is 593. The molecule has 1 unspecified atom stereocenters. The SMILES string of the molecule is CCc1cnccc1C(O)c1cccc(OC2CC2)c1. The van der Waals surface area contributed by atoms with Gasteiger partial charge in [-0.05, 0) is 54.2 Å². The van der Waals surface area contributed by atoms with Crippen LogP contribution < -0.4 is 4.74 Å². The third kappa shape index (κ3) is 2.83. The summed E-state index contributed by atoms with van der Waals surface area (Å²) in [6, 6.07) is 9.63. The summed E-state index contributed by atoms with van der Waals surface area (Å²) in [5.41, 5.74) is 2.86. The Balaban J connectivity index is 1.87. The minimum absolute atomic E-state index is 0.370. The maximum Gasteiger partial charge on any atom is 0.120 e. The van der Waals surface area contributed by atoms with Gasteiger partial charge in [0.05, 0.1) is 6.10 Å². The summed E-state index contributed by atoms with van der Waals surface area (Å²) in [7, 11) is 0. The van der Waals surface area contributed by atoms with Gasteiger partial charge in [0, 0.05) is 12.4 Å². The second kappa shape index (κ2) is 5.63. The van der Waals surface area contributed by atoms with Crippen LogP contribution in [0, 0.1) is 0 Å². The fourth-order valence-corrected chi connectivity index (χ4v) is 2.32. The highest BCUT2D eigenvalue weighted by molar-refractivity contribution is 5.37. The number of hydrogen-bond donors (Lipinski definition) is 1. The minimum Gasteiger partial charge on any atom is -0.490 e. The molecular weight excluding hydrogens is 250 g/mol. The highest BCUT2D eigenvalue weighted by atomic mass is 16.5. The summed E-state index contributed by atoms with van der Waals surface area (Å²) in [5, 5.41) is 10.6. The highest BCUT2D eigenvalue weighted by Gasteiger charge is 2.24. The van der Waals surface area contributed by atoms with Crippen molar-refractivity contribution < 1.29 is 9.84 Å². The molecule has 20 heavy (non-hydrogen) atoms. The molecule has 1 aliphatic rings. The van der Waals surface area contributed by atoms with Crippen LogP contribution in [0.25, 0.3) is 0 Å². The van der Waals surface area contributed by atoms with Gasteiger partial charge >= 0.3 is 0 Å². The zero-order chi connectivity index (χ0) is 13.9. The van der Waals surface area contributed by atoms with Gasteiger partial charge in [0.1, 0.15) is 11.9 Å². The van der Waals surface area contributed by atoms with E-state index in [0.29, 0.717) is 6.10 Å². The van der Waals surface area contributed by atoms with Gasteiger partial charge in [-0.3, -0.25) is 4.98 Å². The van der Waals surface area contributed by atoms with Crippen LogP contribution in [0.3, 0.4) is 0 Å². The van der Waals surface area contributed by atoms with E-state index in [1.807, 2.05) is 36.5 Å². The van der Waals surface area contributed by atoms with Crippen molar-refractivity contribution in [1.82, 2.24) is 4.98 Å². The first-order valence-electron chi connectivity index (χ1n) is 7.15. The number of benzene rings is 1. The van der Waals surface area contributed by atoms with Crippen molar-refractivity contribution in [2.24, 2.45) is 0 Å². The van der Waals surface area contributed by atoms with E-state index in [0.717, 1.165) is 41.7 Å². The van der Waals surface area contributed by atoms with Crippen LogP contribution in [0.1, 0.15) is 42.6 Å². The predicted molar refractivity (Wildman–Crippen MR) is 77.8 cm³/mol. The summed E-state index contributed by atoms with van der Waals surface area (Å²) in [5.74, 6) is 0.844. The molecule has 1 heterocycles. The largest absolute Gasteiger partial charge is 0.490 e. The second-order valence-corrected chi connectivity index (χ2v) is 5.22. The lowest BCUT2D eigenvalue weighted by Gasteiger charge is -2.16. The van der Waals surface area contributed by atoms with Crippen LogP contribution >= 0.6 is 0 Å². The summed E-state index contributed by atoms with van der Waals surface area (Å²) >= 11 is 0. The first kappa shape index (κ1) is 13.1. The van der Waals surface area contributed by atoms with Crippen LogP contribution in [-0.2, 0) is 6.42 Å². The van der Waals surface area contributed by atoms with Crippen molar-refractivity contribution in [3.8, 4) is 5.75 Å². The predicted octanol–water partition coefficient (Wildman–Crippen LogP) is 3.27. The lowest BCUT2D eigenvalue weighted by atomic mass is 9.97. The Hall–Kier alpha value is -1.87. The summed E-state index contributed by atoms with van der Waals surface area (Å²) in [6.07, 6.45) is 6.42. The lowest BCUT2D eigenvalue weighted by Crippen LogP contribution is -2.05. The van der Waals surface area contributed by atoms with Crippen molar-refractivity contribution in [2.75, 3.05) is 0 Å². The molecule has 3 nitrogen and oxygen atoms in total. The van der Waals surface area contributed by atoms with Crippen LogP contribution in [0.5, 0.6) is 5.75 Å². The second-order valence-electron chi connectivity index (χ2n) is 5.22. The number of aliphatic hydroxyl groups excluding tert-OH is 1. The van der Waals surface area contributed by atoms with E-state index in [2.05, 4.69) is 11.9 Å². The number of nitrogens with zero attached hydrogens (tertiary/aromatic N) is 1. The molecule has 3 rings (SSSR count). The van der Waals surface area contributed by atoms with Crippen LogP contribution in [0.4, 0.5) is 0 Å². The molecule has 0 radical (unpaired) electrons. The molecule has 104 valence electrons. The van der Waals surface area contributed by atoms with Gasteiger partial charge in [-0.25, -0.2) is 0 Å². The molecule has 1 N–H and O–H groups in total. The number of pyridine rings is 1. The molecule has 1 aromatic heterocycles. The molecule has 3 heteroatoms. The first-order valence-corrected chi connectivity index (χ1v) is 7.15. The van der Waals surface area contributed by atoms with Gasteiger partial charge in [-0.1, -0.05) is 19.1 Å². The monoisotopic (exact) mass is 269 g/mol. The van der Waals surface area contributed by atoms with E-state index in [1.54, 1.807) is 6.20 Å². The van der Waals surface area contributed by atoms with E-state index in [1.165, 1.54) is 0 Å².